The number of fused-ring (bicyclic) bond motifs is 1. The van der Waals surface area contributed by atoms with Crippen molar-refractivity contribution in [2.75, 3.05) is 7.11 Å². The van der Waals surface area contributed by atoms with Crippen LogP contribution in [0.2, 0.25) is 0 Å². The van der Waals surface area contributed by atoms with Crippen LogP contribution in [0, 0.1) is 6.20 Å². The van der Waals surface area contributed by atoms with Crippen molar-refractivity contribution in [2.24, 2.45) is 0 Å². The summed E-state index contributed by atoms with van der Waals surface area (Å²) in [6, 6.07) is 7.80. The third-order valence-corrected chi connectivity index (χ3v) is 1.69. The molecule has 1 aromatic heterocycles. The normalized spacial score (nSPS) is 10.3. The SMILES string of the molecule is COc1ccc2c[c][nH]c2c1. The van der Waals surface area contributed by atoms with Crippen LogP contribution >= 0.6 is 0 Å². The molecule has 1 heterocycles. The molecular formula is C9H8NO. The number of aromatic nitrogens is 1. The second kappa shape index (κ2) is 2.31. The average Bonchev–Trinajstić information content (AvgIpc) is 2.50. The van der Waals surface area contributed by atoms with Crippen LogP contribution in [0.4, 0.5) is 0 Å². The molecule has 1 aromatic carbocycles. The molecule has 2 aromatic rings. The molecule has 0 atom stereocenters. The molecule has 0 saturated heterocycles. The number of nitrogens with one attached hydrogen (secondary N) is 1. The summed E-state index contributed by atoms with van der Waals surface area (Å²) in [7, 11) is 1.66. The first-order valence-corrected chi connectivity index (χ1v) is 3.43. The number of rotatable bonds is 1. The molecule has 0 bridgehead atoms. The molecule has 0 aliphatic carbocycles. The minimum absolute atomic E-state index is 0.869. The molecule has 2 nitrogen and oxygen atoms in total. The Hall–Kier alpha value is -1.44. The highest BCUT2D eigenvalue weighted by Crippen LogP contribution is 2.18. The van der Waals surface area contributed by atoms with Gasteiger partial charge in [-0.2, -0.15) is 0 Å². The summed E-state index contributed by atoms with van der Waals surface area (Å²) in [6.07, 6.45) is 2.91. The van der Waals surface area contributed by atoms with E-state index in [4.69, 9.17) is 4.74 Å². The maximum atomic E-state index is 5.06. The van der Waals surface area contributed by atoms with Crippen LogP contribution in [0.3, 0.4) is 0 Å². The Morgan fingerprint density at radius 3 is 3.18 bits per heavy atom. The van der Waals surface area contributed by atoms with E-state index in [1.54, 1.807) is 7.11 Å². The third-order valence-electron chi connectivity index (χ3n) is 1.69. The summed E-state index contributed by atoms with van der Waals surface area (Å²) in [5.41, 5.74) is 1.06. The van der Waals surface area contributed by atoms with Crippen molar-refractivity contribution in [3.8, 4) is 5.75 Å². The largest absolute Gasteiger partial charge is 0.497 e. The molecule has 0 aliphatic heterocycles. The second-order valence-electron chi connectivity index (χ2n) is 2.37. The van der Waals surface area contributed by atoms with E-state index in [-0.39, 0.29) is 0 Å². The van der Waals surface area contributed by atoms with Crippen molar-refractivity contribution in [1.82, 2.24) is 4.98 Å². The molecular weight excluding hydrogens is 138 g/mol. The van der Waals surface area contributed by atoms with Crippen LogP contribution in [-0.4, -0.2) is 12.1 Å². The number of benzene rings is 1. The lowest BCUT2D eigenvalue weighted by Crippen LogP contribution is -1.80. The maximum Gasteiger partial charge on any atom is 0.120 e. The van der Waals surface area contributed by atoms with E-state index in [2.05, 4.69) is 11.2 Å². The van der Waals surface area contributed by atoms with Gasteiger partial charge in [-0.3, -0.25) is 0 Å². The van der Waals surface area contributed by atoms with E-state index < -0.39 is 0 Å². The van der Waals surface area contributed by atoms with Gasteiger partial charge in [0.25, 0.3) is 0 Å². The van der Waals surface area contributed by atoms with E-state index in [1.165, 1.54) is 0 Å². The maximum absolute atomic E-state index is 5.06. The smallest absolute Gasteiger partial charge is 0.120 e. The van der Waals surface area contributed by atoms with Crippen LogP contribution in [0.1, 0.15) is 0 Å². The summed E-state index contributed by atoms with van der Waals surface area (Å²) in [4.78, 5) is 2.99. The minimum Gasteiger partial charge on any atom is -0.497 e. The summed E-state index contributed by atoms with van der Waals surface area (Å²) in [5, 5.41) is 1.16. The summed E-state index contributed by atoms with van der Waals surface area (Å²) >= 11 is 0. The van der Waals surface area contributed by atoms with E-state index in [0.29, 0.717) is 0 Å². The van der Waals surface area contributed by atoms with E-state index >= 15 is 0 Å². The van der Waals surface area contributed by atoms with Crippen molar-refractivity contribution in [1.29, 1.82) is 0 Å². The van der Waals surface area contributed by atoms with Crippen molar-refractivity contribution in [3.63, 3.8) is 0 Å². The monoisotopic (exact) mass is 146 g/mol. The molecule has 0 unspecified atom stereocenters. The van der Waals surface area contributed by atoms with Crippen molar-refractivity contribution < 1.29 is 4.74 Å². The summed E-state index contributed by atoms with van der Waals surface area (Å²) in [6.45, 7) is 0. The van der Waals surface area contributed by atoms with Crippen LogP contribution in [0.5, 0.6) is 5.75 Å². The molecule has 11 heavy (non-hydrogen) atoms. The van der Waals surface area contributed by atoms with Crippen LogP contribution in [0.15, 0.2) is 24.3 Å². The molecule has 1 N–H and O–H groups in total. The zero-order valence-electron chi connectivity index (χ0n) is 6.22. The summed E-state index contributed by atoms with van der Waals surface area (Å²) < 4.78 is 5.06. The first kappa shape index (κ1) is 6.28. The molecule has 2 rings (SSSR count). The zero-order chi connectivity index (χ0) is 7.68. The van der Waals surface area contributed by atoms with Gasteiger partial charge >= 0.3 is 0 Å². The molecule has 0 fully saturated rings. The van der Waals surface area contributed by atoms with Gasteiger partial charge in [0.05, 0.1) is 13.3 Å². The molecule has 0 amide bonds. The Morgan fingerprint density at radius 1 is 1.45 bits per heavy atom. The zero-order valence-corrected chi connectivity index (χ0v) is 6.22. The Balaban J connectivity index is 2.67. The molecule has 0 saturated carbocycles. The average molecular weight is 146 g/mol. The number of H-pyrrole nitrogens is 1. The predicted octanol–water partition coefficient (Wildman–Crippen LogP) is 1.98. The Labute approximate surface area is 64.8 Å². The van der Waals surface area contributed by atoms with Crippen LogP contribution < -0.4 is 4.74 Å². The van der Waals surface area contributed by atoms with Gasteiger partial charge < -0.3 is 9.72 Å². The van der Waals surface area contributed by atoms with E-state index in [0.717, 1.165) is 16.7 Å². The van der Waals surface area contributed by atoms with Gasteiger partial charge in [0.1, 0.15) is 5.75 Å². The fourth-order valence-electron chi connectivity index (χ4n) is 1.09. The third kappa shape index (κ3) is 0.963. The van der Waals surface area contributed by atoms with Gasteiger partial charge in [0.15, 0.2) is 0 Å². The van der Waals surface area contributed by atoms with Gasteiger partial charge in [-0.25, -0.2) is 0 Å². The molecule has 2 heteroatoms. The highest BCUT2D eigenvalue weighted by molar-refractivity contribution is 5.80. The molecule has 1 radical (unpaired) electrons. The fourth-order valence-corrected chi connectivity index (χ4v) is 1.09. The lowest BCUT2D eigenvalue weighted by molar-refractivity contribution is 0.415. The number of ether oxygens (including phenoxy) is 1. The highest BCUT2D eigenvalue weighted by Gasteiger charge is 1.94. The van der Waals surface area contributed by atoms with E-state index in [9.17, 15) is 0 Å². The minimum atomic E-state index is 0.869. The lowest BCUT2D eigenvalue weighted by Gasteiger charge is -1.97. The number of methoxy groups -OCH3 is 1. The van der Waals surface area contributed by atoms with Crippen molar-refractivity contribution >= 4 is 10.9 Å². The quantitative estimate of drug-likeness (QED) is 0.653. The first-order chi connectivity index (χ1) is 5.40. The topological polar surface area (TPSA) is 25.0 Å². The standard InChI is InChI=1S/C9H8NO/c1-11-8-3-2-7-4-5-10-9(7)6-8/h2-4,6,10H,1H3. The summed E-state index contributed by atoms with van der Waals surface area (Å²) in [5.74, 6) is 0.869. The van der Waals surface area contributed by atoms with Gasteiger partial charge in [0, 0.05) is 17.0 Å². The Morgan fingerprint density at radius 2 is 2.36 bits per heavy atom. The number of hydrogen-bond acceptors (Lipinski definition) is 1. The van der Waals surface area contributed by atoms with Crippen LogP contribution in [-0.2, 0) is 0 Å². The van der Waals surface area contributed by atoms with Crippen LogP contribution in [0.25, 0.3) is 10.9 Å². The second-order valence-corrected chi connectivity index (χ2v) is 2.37. The van der Waals surface area contributed by atoms with E-state index in [1.807, 2.05) is 24.3 Å². The Kier molecular flexibility index (Phi) is 1.32. The number of hydrogen-bond donors (Lipinski definition) is 1. The molecule has 0 spiro atoms. The first-order valence-electron chi connectivity index (χ1n) is 3.43. The van der Waals surface area contributed by atoms with Gasteiger partial charge in [-0.15, -0.1) is 0 Å². The van der Waals surface area contributed by atoms with Crippen molar-refractivity contribution in [3.05, 3.63) is 30.5 Å². The fraction of sp³-hybridized carbons (Fsp3) is 0.111. The predicted molar refractivity (Wildman–Crippen MR) is 43.7 cm³/mol. The van der Waals surface area contributed by atoms with Crippen molar-refractivity contribution in [2.45, 2.75) is 0 Å². The number of aromatic amines is 1. The van der Waals surface area contributed by atoms with Gasteiger partial charge in [-0.05, 0) is 18.2 Å². The lowest BCUT2D eigenvalue weighted by atomic mass is 10.2. The van der Waals surface area contributed by atoms with Gasteiger partial charge in [-0.1, -0.05) is 0 Å². The van der Waals surface area contributed by atoms with Gasteiger partial charge in [0.2, 0.25) is 0 Å². The molecule has 55 valence electrons. The Bertz CT molecular complexity index is 364. The highest BCUT2D eigenvalue weighted by atomic mass is 16.5. The molecule has 0 aliphatic rings.